The van der Waals surface area contributed by atoms with Crippen molar-refractivity contribution < 1.29 is 4.79 Å². The number of nitrogens with zero attached hydrogens (tertiary/aromatic N) is 3. The molecule has 0 radical (unpaired) electrons. The van der Waals surface area contributed by atoms with Crippen molar-refractivity contribution in [2.24, 2.45) is 18.4 Å². The standard InChI is InChI=1S/C17H31N5O/c1-12(17(2,3)11-21(4)5)20-16(23)15-9-18-8-14(15)13-7-19-22(6)10-13/h7,10,12,14-15,18H,8-9,11H2,1-6H3,(H,20,23)/t12?,14-,15+/m1/s1. The van der Waals surface area contributed by atoms with Gasteiger partial charge in [-0.25, -0.2) is 0 Å². The third kappa shape index (κ3) is 4.32. The average molecular weight is 321 g/mol. The molecule has 6 nitrogen and oxygen atoms in total. The van der Waals surface area contributed by atoms with E-state index in [0.29, 0.717) is 0 Å². The second-order valence-electron chi connectivity index (χ2n) is 7.78. The summed E-state index contributed by atoms with van der Waals surface area (Å²) in [5, 5.41) is 10.8. The number of hydrogen-bond acceptors (Lipinski definition) is 4. The van der Waals surface area contributed by atoms with Crippen LogP contribution in [0.25, 0.3) is 0 Å². The minimum absolute atomic E-state index is 0.0228. The van der Waals surface area contributed by atoms with Gasteiger partial charge >= 0.3 is 0 Å². The first-order chi connectivity index (χ1) is 10.7. The number of carbonyl (C=O) groups is 1. The maximum absolute atomic E-state index is 12.8. The normalized spacial score (nSPS) is 23.3. The van der Waals surface area contributed by atoms with Crippen molar-refractivity contribution >= 4 is 5.91 Å². The molecule has 130 valence electrons. The largest absolute Gasteiger partial charge is 0.353 e. The van der Waals surface area contributed by atoms with Gasteiger partial charge in [0, 0.05) is 44.8 Å². The molecule has 1 aromatic rings. The van der Waals surface area contributed by atoms with Crippen molar-refractivity contribution in [3.8, 4) is 0 Å². The van der Waals surface area contributed by atoms with Crippen molar-refractivity contribution in [3.05, 3.63) is 18.0 Å². The Balaban J connectivity index is 2.02. The number of amides is 1. The van der Waals surface area contributed by atoms with E-state index in [-0.39, 0.29) is 29.2 Å². The summed E-state index contributed by atoms with van der Waals surface area (Å²) in [6.07, 6.45) is 3.88. The van der Waals surface area contributed by atoms with Gasteiger partial charge in [0.1, 0.15) is 0 Å². The minimum atomic E-state index is -0.0307. The first-order valence-corrected chi connectivity index (χ1v) is 8.35. The Hall–Kier alpha value is -1.40. The Morgan fingerprint density at radius 2 is 2.22 bits per heavy atom. The molecule has 1 saturated heterocycles. The molecule has 1 fully saturated rings. The molecule has 1 aliphatic rings. The summed E-state index contributed by atoms with van der Waals surface area (Å²) in [6.45, 7) is 8.99. The average Bonchev–Trinajstić information content (AvgIpc) is 3.04. The van der Waals surface area contributed by atoms with Gasteiger partial charge in [0.05, 0.1) is 12.1 Å². The van der Waals surface area contributed by atoms with Crippen LogP contribution in [0, 0.1) is 11.3 Å². The molecule has 2 N–H and O–H groups in total. The van der Waals surface area contributed by atoms with Crippen molar-refractivity contribution in [2.45, 2.75) is 32.7 Å². The van der Waals surface area contributed by atoms with E-state index in [1.54, 1.807) is 4.68 Å². The molecule has 3 atom stereocenters. The molecule has 1 amide bonds. The molecule has 0 bridgehead atoms. The van der Waals surface area contributed by atoms with Crippen LogP contribution in [0.15, 0.2) is 12.4 Å². The summed E-state index contributed by atoms with van der Waals surface area (Å²) in [7, 11) is 6.04. The van der Waals surface area contributed by atoms with Crippen molar-refractivity contribution in [2.75, 3.05) is 33.7 Å². The quantitative estimate of drug-likeness (QED) is 0.814. The SMILES string of the molecule is CC(NC(=O)[C@H]1CNC[C@@H]1c1cnn(C)c1)C(C)(C)CN(C)C. The van der Waals surface area contributed by atoms with E-state index in [1.165, 1.54) is 0 Å². The van der Waals surface area contributed by atoms with E-state index in [9.17, 15) is 4.79 Å². The highest BCUT2D eigenvalue weighted by Crippen LogP contribution is 2.29. The Kier molecular flexibility index (Phi) is 5.47. The van der Waals surface area contributed by atoms with Crippen molar-refractivity contribution in [3.63, 3.8) is 0 Å². The van der Waals surface area contributed by atoms with Crippen LogP contribution in [-0.2, 0) is 11.8 Å². The van der Waals surface area contributed by atoms with Crippen LogP contribution in [0.2, 0.25) is 0 Å². The van der Waals surface area contributed by atoms with Gasteiger partial charge < -0.3 is 15.5 Å². The van der Waals surface area contributed by atoms with Gasteiger partial charge in [-0.1, -0.05) is 13.8 Å². The fraction of sp³-hybridized carbons (Fsp3) is 0.765. The Bertz CT molecular complexity index is 537. The lowest BCUT2D eigenvalue weighted by molar-refractivity contribution is -0.126. The van der Waals surface area contributed by atoms with E-state index in [1.807, 2.05) is 19.4 Å². The first kappa shape index (κ1) is 17.9. The molecular weight excluding hydrogens is 290 g/mol. The molecule has 6 heteroatoms. The fourth-order valence-corrected chi connectivity index (χ4v) is 3.40. The van der Waals surface area contributed by atoms with Crippen molar-refractivity contribution in [1.29, 1.82) is 0 Å². The van der Waals surface area contributed by atoms with Crippen LogP contribution in [0.1, 0.15) is 32.3 Å². The highest BCUT2D eigenvalue weighted by Gasteiger charge is 2.37. The molecule has 2 heterocycles. The Morgan fingerprint density at radius 3 is 2.78 bits per heavy atom. The van der Waals surface area contributed by atoms with E-state index < -0.39 is 0 Å². The van der Waals surface area contributed by atoms with E-state index in [0.717, 1.165) is 25.2 Å². The van der Waals surface area contributed by atoms with Gasteiger partial charge in [-0.3, -0.25) is 9.48 Å². The van der Waals surface area contributed by atoms with E-state index >= 15 is 0 Å². The molecule has 2 rings (SSSR count). The Morgan fingerprint density at radius 1 is 1.52 bits per heavy atom. The van der Waals surface area contributed by atoms with Crippen LogP contribution >= 0.6 is 0 Å². The molecule has 1 aliphatic heterocycles. The van der Waals surface area contributed by atoms with Crippen LogP contribution in [0.3, 0.4) is 0 Å². The number of nitrogens with one attached hydrogen (secondary N) is 2. The lowest BCUT2D eigenvalue weighted by Gasteiger charge is -2.35. The zero-order valence-corrected chi connectivity index (χ0v) is 15.3. The second-order valence-corrected chi connectivity index (χ2v) is 7.78. The number of hydrogen-bond donors (Lipinski definition) is 2. The summed E-state index contributed by atoms with van der Waals surface area (Å²) in [6, 6.07) is 0.118. The number of aryl methyl sites for hydroxylation is 1. The maximum atomic E-state index is 12.8. The third-order valence-corrected chi connectivity index (χ3v) is 4.96. The Labute approximate surface area is 139 Å². The fourth-order valence-electron chi connectivity index (χ4n) is 3.40. The number of rotatable bonds is 6. The van der Waals surface area contributed by atoms with Crippen molar-refractivity contribution in [1.82, 2.24) is 25.3 Å². The molecule has 0 spiro atoms. The van der Waals surface area contributed by atoms with Gasteiger partial charge in [0.15, 0.2) is 0 Å². The van der Waals surface area contributed by atoms with Gasteiger partial charge in [-0.05, 0) is 32.0 Å². The number of carbonyl (C=O) groups excluding carboxylic acids is 1. The summed E-state index contributed by atoms with van der Waals surface area (Å²) in [4.78, 5) is 15.0. The summed E-state index contributed by atoms with van der Waals surface area (Å²) < 4.78 is 1.80. The molecule has 1 aromatic heterocycles. The molecule has 23 heavy (non-hydrogen) atoms. The zero-order valence-electron chi connectivity index (χ0n) is 15.3. The topological polar surface area (TPSA) is 62.2 Å². The molecule has 0 saturated carbocycles. The minimum Gasteiger partial charge on any atom is -0.353 e. The van der Waals surface area contributed by atoms with Crippen LogP contribution in [0.5, 0.6) is 0 Å². The van der Waals surface area contributed by atoms with Crippen LogP contribution < -0.4 is 10.6 Å². The van der Waals surface area contributed by atoms with Gasteiger partial charge in [-0.15, -0.1) is 0 Å². The van der Waals surface area contributed by atoms with Gasteiger partial charge in [0.25, 0.3) is 0 Å². The van der Waals surface area contributed by atoms with Crippen LogP contribution in [0.4, 0.5) is 0 Å². The monoisotopic (exact) mass is 321 g/mol. The maximum Gasteiger partial charge on any atom is 0.225 e. The first-order valence-electron chi connectivity index (χ1n) is 8.35. The predicted octanol–water partition coefficient (Wildman–Crippen LogP) is 0.816. The predicted molar refractivity (Wildman–Crippen MR) is 92.2 cm³/mol. The lowest BCUT2D eigenvalue weighted by atomic mass is 9.83. The number of aromatic nitrogens is 2. The summed E-state index contributed by atoms with van der Waals surface area (Å²) in [5.41, 5.74) is 1.16. The molecule has 0 aliphatic carbocycles. The summed E-state index contributed by atoms with van der Waals surface area (Å²) in [5.74, 6) is 0.313. The van der Waals surface area contributed by atoms with Crippen LogP contribution in [-0.4, -0.2) is 60.4 Å². The highest BCUT2D eigenvalue weighted by molar-refractivity contribution is 5.80. The third-order valence-electron chi connectivity index (χ3n) is 4.96. The molecular formula is C17H31N5O. The highest BCUT2D eigenvalue weighted by atomic mass is 16.2. The smallest absolute Gasteiger partial charge is 0.225 e. The summed E-state index contributed by atoms with van der Waals surface area (Å²) >= 11 is 0. The van der Waals surface area contributed by atoms with E-state index in [2.05, 4.69) is 55.5 Å². The van der Waals surface area contributed by atoms with E-state index in [4.69, 9.17) is 0 Å². The lowest BCUT2D eigenvalue weighted by Crippen LogP contribution is -2.49. The second kappa shape index (κ2) is 7.01. The zero-order chi connectivity index (χ0) is 17.2. The molecule has 0 aromatic carbocycles. The van der Waals surface area contributed by atoms with Gasteiger partial charge in [0.2, 0.25) is 5.91 Å². The molecule has 1 unspecified atom stereocenters. The van der Waals surface area contributed by atoms with Gasteiger partial charge in [-0.2, -0.15) is 5.10 Å².